The molecule has 0 amide bonds. The van der Waals surface area contributed by atoms with Gasteiger partial charge in [0.05, 0.1) is 15.7 Å². The van der Waals surface area contributed by atoms with Gasteiger partial charge in [-0.25, -0.2) is 0 Å². The van der Waals surface area contributed by atoms with E-state index in [4.69, 9.17) is 35.4 Å². The van der Waals surface area contributed by atoms with Crippen molar-refractivity contribution in [3.8, 4) is 0 Å². The van der Waals surface area contributed by atoms with Gasteiger partial charge in [-0.2, -0.15) is 0 Å². The average molecular weight is 542 g/mol. The van der Waals surface area contributed by atoms with Gasteiger partial charge in [0.2, 0.25) is 0 Å². The van der Waals surface area contributed by atoms with Crippen LogP contribution in [0.2, 0.25) is 10.0 Å². The predicted molar refractivity (Wildman–Crippen MR) is 159 cm³/mol. The van der Waals surface area contributed by atoms with Gasteiger partial charge < -0.3 is 15.5 Å². The molecule has 0 spiro atoms. The van der Waals surface area contributed by atoms with Crippen LogP contribution in [0.5, 0.6) is 0 Å². The van der Waals surface area contributed by atoms with E-state index < -0.39 is 0 Å². The van der Waals surface area contributed by atoms with Crippen molar-refractivity contribution in [1.82, 2.24) is 10.2 Å². The fourth-order valence-corrected chi connectivity index (χ4v) is 6.28. The van der Waals surface area contributed by atoms with Crippen molar-refractivity contribution < 1.29 is 0 Å². The molecule has 1 heterocycles. The van der Waals surface area contributed by atoms with Crippen LogP contribution >= 0.6 is 35.4 Å². The normalized spacial score (nSPS) is 20.9. The van der Waals surface area contributed by atoms with Crippen molar-refractivity contribution in [2.45, 2.75) is 38.1 Å². The molecule has 0 radical (unpaired) electrons. The first-order valence-electron chi connectivity index (χ1n) is 13.0. The number of piperazine rings is 1. The Morgan fingerprint density at radius 2 is 1.58 bits per heavy atom. The van der Waals surface area contributed by atoms with Gasteiger partial charge in [0.15, 0.2) is 5.11 Å². The number of hydrogen-bond donors (Lipinski definition) is 2. The fourth-order valence-electron chi connectivity index (χ4n) is 5.59. The topological polar surface area (TPSA) is 30.5 Å². The number of fused-ring (bicyclic) bond motifs is 1. The lowest BCUT2D eigenvalue weighted by Crippen LogP contribution is -2.47. The van der Waals surface area contributed by atoms with E-state index in [9.17, 15) is 0 Å². The van der Waals surface area contributed by atoms with Crippen LogP contribution in [-0.2, 0) is 0 Å². The third kappa shape index (κ3) is 6.25. The van der Waals surface area contributed by atoms with Gasteiger partial charge >= 0.3 is 0 Å². The third-order valence-corrected chi connectivity index (χ3v) is 8.75. The van der Waals surface area contributed by atoms with Crippen molar-refractivity contribution in [2.75, 3.05) is 42.9 Å². The summed E-state index contributed by atoms with van der Waals surface area (Å²) in [5.74, 6) is 0.808. The molecule has 2 N–H and O–H groups in total. The van der Waals surface area contributed by atoms with Gasteiger partial charge in [0, 0.05) is 43.3 Å². The zero-order valence-corrected chi connectivity index (χ0v) is 22.9. The first-order valence-corrected chi connectivity index (χ1v) is 14.2. The Kier molecular flexibility index (Phi) is 8.53. The molecule has 3 aromatic carbocycles. The maximum absolute atomic E-state index is 6.43. The Balaban J connectivity index is 1.02. The minimum atomic E-state index is 0.460. The Morgan fingerprint density at radius 3 is 2.39 bits per heavy atom. The molecule has 1 saturated carbocycles. The van der Waals surface area contributed by atoms with Gasteiger partial charge in [-0.05, 0) is 80.4 Å². The second-order valence-corrected chi connectivity index (χ2v) is 11.2. The Labute approximate surface area is 229 Å². The van der Waals surface area contributed by atoms with Crippen molar-refractivity contribution in [3.05, 3.63) is 70.7 Å². The highest BCUT2D eigenvalue weighted by atomic mass is 35.5. The Morgan fingerprint density at radius 1 is 0.861 bits per heavy atom. The zero-order valence-electron chi connectivity index (χ0n) is 20.6. The second-order valence-electron chi connectivity index (χ2n) is 10.0. The number of nitrogens with zero attached hydrogens (tertiary/aromatic N) is 2. The number of halogens is 2. The van der Waals surface area contributed by atoms with Gasteiger partial charge in [0.1, 0.15) is 0 Å². The highest BCUT2D eigenvalue weighted by molar-refractivity contribution is 7.80. The van der Waals surface area contributed by atoms with Crippen LogP contribution < -0.4 is 15.5 Å². The van der Waals surface area contributed by atoms with Crippen molar-refractivity contribution >= 4 is 62.7 Å². The summed E-state index contributed by atoms with van der Waals surface area (Å²) in [4.78, 5) is 4.96. The van der Waals surface area contributed by atoms with Gasteiger partial charge in [-0.1, -0.05) is 65.7 Å². The summed E-state index contributed by atoms with van der Waals surface area (Å²) in [5, 5.41) is 11.5. The first kappa shape index (κ1) is 25.6. The summed E-state index contributed by atoms with van der Waals surface area (Å²) in [5.41, 5.74) is 2.12. The number of rotatable bonds is 6. The lowest BCUT2D eigenvalue weighted by Gasteiger charge is -2.37. The minimum Gasteiger partial charge on any atom is -0.368 e. The summed E-state index contributed by atoms with van der Waals surface area (Å²) in [6, 6.07) is 21.1. The van der Waals surface area contributed by atoms with E-state index >= 15 is 0 Å². The lowest BCUT2D eigenvalue weighted by atomic mass is 9.84. The molecule has 4 nitrogen and oxygen atoms in total. The van der Waals surface area contributed by atoms with Crippen molar-refractivity contribution in [3.63, 3.8) is 0 Å². The van der Waals surface area contributed by atoms with Gasteiger partial charge in [0.25, 0.3) is 0 Å². The second kappa shape index (κ2) is 12.0. The molecule has 1 aliphatic carbocycles. The Bertz CT molecular complexity index is 1180. The number of anilines is 2. The molecular formula is C29H34Cl2N4S. The molecule has 190 valence electrons. The molecule has 5 rings (SSSR count). The highest BCUT2D eigenvalue weighted by Gasteiger charge is 2.24. The van der Waals surface area contributed by atoms with E-state index in [0.717, 1.165) is 48.6 Å². The van der Waals surface area contributed by atoms with Crippen LogP contribution in [0, 0.1) is 5.92 Å². The minimum absolute atomic E-state index is 0.460. The largest absolute Gasteiger partial charge is 0.368 e. The van der Waals surface area contributed by atoms with E-state index in [1.165, 1.54) is 49.4 Å². The lowest BCUT2D eigenvalue weighted by molar-refractivity contribution is 0.214. The molecule has 0 aromatic heterocycles. The fraction of sp³-hybridized carbons (Fsp3) is 0.414. The van der Waals surface area contributed by atoms with Gasteiger partial charge in [-0.3, -0.25) is 4.90 Å². The highest BCUT2D eigenvalue weighted by Crippen LogP contribution is 2.33. The molecule has 3 aromatic rings. The third-order valence-electron chi connectivity index (χ3n) is 7.72. The smallest absolute Gasteiger partial charge is 0.171 e. The molecule has 1 aliphatic heterocycles. The van der Waals surface area contributed by atoms with Crippen LogP contribution in [-0.4, -0.2) is 48.8 Å². The molecule has 0 bridgehead atoms. The summed E-state index contributed by atoms with van der Waals surface area (Å²) in [6.45, 7) is 5.33. The quantitative estimate of drug-likeness (QED) is 0.322. The molecule has 0 unspecified atom stereocenters. The number of thiocarbonyl (C=S) groups is 1. The maximum Gasteiger partial charge on any atom is 0.171 e. The van der Waals surface area contributed by atoms with E-state index in [-0.39, 0.29) is 0 Å². The zero-order chi connectivity index (χ0) is 24.9. The molecule has 2 aliphatic rings. The average Bonchev–Trinajstić information content (AvgIpc) is 2.90. The molecular weight excluding hydrogens is 507 g/mol. The summed E-state index contributed by atoms with van der Waals surface area (Å²) < 4.78 is 0. The van der Waals surface area contributed by atoms with Crippen LogP contribution in [0.1, 0.15) is 32.1 Å². The number of nitrogens with one attached hydrogen (secondary N) is 2. The van der Waals surface area contributed by atoms with Crippen LogP contribution in [0.4, 0.5) is 11.4 Å². The van der Waals surface area contributed by atoms with E-state index in [0.29, 0.717) is 16.1 Å². The molecule has 0 atom stereocenters. The van der Waals surface area contributed by atoms with E-state index in [1.807, 2.05) is 12.1 Å². The van der Waals surface area contributed by atoms with Crippen molar-refractivity contribution in [2.24, 2.45) is 5.92 Å². The van der Waals surface area contributed by atoms with Gasteiger partial charge in [-0.15, -0.1) is 0 Å². The summed E-state index contributed by atoms with van der Waals surface area (Å²) >= 11 is 18.3. The summed E-state index contributed by atoms with van der Waals surface area (Å²) in [6.07, 6.45) is 6.19. The van der Waals surface area contributed by atoms with Crippen LogP contribution in [0.15, 0.2) is 60.7 Å². The van der Waals surface area contributed by atoms with E-state index in [1.54, 1.807) is 0 Å². The van der Waals surface area contributed by atoms with Crippen molar-refractivity contribution in [1.29, 1.82) is 0 Å². The molecule has 2 fully saturated rings. The molecule has 36 heavy (non-hydrogen) atoms. The number of hydrogen-bond acceptors (Lipinski definition) is 3. The number of benzene rings is 3. The van der Waals surface area contributed by atoms with Crippen LogP contribution in [0.25, 0.3) is 10.8 Å². The maximum atomic E-state index is 6.43. The standard InChI is InChI=1S/C29H34Cl2N4S/c30-25-8-4-10-27(28(25)31)35-19-17-34(18-20-35)16-15-21-11-13-23(14-12-21)32-29(36)33-26-9-3-6-22-5-1-2-7-24(22)26/h1-10,21,23H,11-20H2,(H2,32,33,36)/t21-,23-. The monoisotopic (exact) mass is 540 g/mol. The predicted octanol–water partition coefficient (Wildman–Crippen LogP) is 7.20. The molecule has 1 saturated heterocycles. The Hall–Kier alpha value is -2.05. The van der Waals surface area contributed by atoms with E-state index in [2.05, 4.69) is 69.0 Å². The van der Waals surface area contributed by atoms with Crippen LogP contribution in [0.3, 0.4) is 0 Å². The molecule has 7 heteroatoms. The summed E-state index contributed by atoms with van der Waals surface area (Å²) in [7, 11) is 0. The first-order chi connectivity index (χ1) is 17.6. The SMILES string of the molecule is S=C(Nc1cccc2ccccc12)N[C@H]1CC[C@H](CCN2CCN(c3cccc(Cl)c3Cl)CC2)CC1.